The van der Waals surface area contributed by atoms with Gasteiger partial charge in [0, 0.05) is 11.6 Å². The molecule has 0 aromatic heterocycles. The molecule has 102 valence electrons. The Bertz CT molecular complexity index is 321. The number of esters is 2. The lowest BCUT2D eigenvalue weighted by Crippen LogP contribution is -2.37. The Kier molecular flexibility index (Phi) is 7.71. The highest BCUT2D eigenvalue weighted by atomic mass is 16.7. The molecule has 0 aromatic rings. The minimum atomic E-state index is -0.945. The quantitative estimate of drug-likeness (QED) is 0.374. The van der Waals surface area contributed by atoms with E-state index in [9.17, 15) is 9.59 Å². The fraction of sp³-hybridized carbons (Fsp3) is 0.538. The Morgan fingerprint density at radius 3 is 2.22 bits per heavy atom. The van der Waals surface area contributed by atoms with Crippen molar-refractivity contribution in [3.05, 3.63) is 24.8 Å². The summed E-state index contributed by atoms with van der Waals surface area (Å²) in [6.45, 7) is 14.1. The van der Waals surface area contributed by atoms with Crippen molar-refractivity contribution in [2.24, 2.45) is 0 Å². The van der Waals surface area contributed by atoms with Crippen LogP contribution in [0.3, 0.4) is 0 Å². The molecule has 0 radical (unpaired) electrons. The molecule has 0 aliphatic rings. The zero-order chi connectivity index (χ0) is 14.1. The van der Waals surface area contributed by atoms with E-state index < -0.39 is 18.2 Å². The summed E-state index contributed by atoms with van der Waals surface area (Å²) in [6.07, 6.45) is 0.0868. The molecule has 0 aliphatic carbocycles. The number of ether oxygens (including phenoxy) is 2. The van der Waals surface area contributed by atoms with Crippen molar-refractivity contribution in [3.63, 3.8) is 0 Å². The Morgan fingerprint density at radius 1 is 1.28 bits per heavy atom. The standard InChI is InChI=1S/C13H21NO4/c1-6-11(15)17-12(9-14(7-2)8-3)18-13(16)10(4)5/h6,12H,1,4,7-9H2,2-3,5H3. The summed E-state index contributed by atoms with van der Waals surface area (Å²) in [5, 5.41) is 0. The van der Waals surface area contributed by atoms with E-state index in [-0.39, 0.29) is 5.57 Å². The Morgan fingerprint density at radius 2 is 1.83 bits per heavy atom. The second-order valence-electron chi connectivity index (χ2n) is 3.74. The van der Waals surface area contributed by atoms with Gasteiger partial charge in [0.1, 0.15) is 0 Å². The van der Waals surface area contributed by atoms with Crippen molar-refractivity contribution >= 4 is 11.9 Å². The monoisotopic (exact) mass is 255 g/mol. The fourth-order valence-corrected chi connectivity index (χ4v) is 1.19. The van der Waals surface area contributed by atoms with E-state index in [0.29, 0.717) is 6.54 Å². The highest BCUT2D eigenvalue weighted by molar-refractivity contribution is 5.87. The maximum Gasteiger partial charge on any atom is 0.336 e. The van der Waals surface area contributed by atoms with E-state index in [1.165, 1.54) is 6.92 Å². The van der Waals surface area contributed by atoms with Crippen LogP contribution in [0, 0.1) is 0 Å². The molecule has 18 heavy (non-hydrogen) atoms. The first-order valence-electron chi connectivity index (χ1n) is 5.86. The van der Waals surface area contributed by atoms with Crippen molar-refractivity contribution in [1.29, 1.82) is 0 Å². The van der Waals surface area contributed by atoms with Crippen molar-refractivity contribution in [1.82, 2.24) is 4.90 Å². The predicted octanol–water partition coefficient (Wildman–Crippen LogP) is 1.50. The lowest BCUT2D eigenvalue weighted by molar-refractivity contribution is -0.184. The topological polar surface area (TPSA) is 55.8 Å². The van der Waals surface area contributed by atoms with E-state index in [4.69, 9.17) is 9.47 Å². The van der Waals surface area contributed by atoms with E-state index in [0.717, 1.165) is 19.2 Å². The van der Waals surface area contributed by atoms with Crippen LogP contribution in [0.5, 0.6) is 0 Å². The predicted molar refractivity (Wildman–Crippen MR) is 68.8 cm³/mol. The molecule has 0 saturated heterocycles. The van der Waals surface area contributed by atoms with Crippen LogP contribution in [-0.2, 0) is 19.1 Å². The number of hydrogen-bond acceptors (Lipinski definition) is 5. The van der Waals surface area contributed by atoms with Crippen LogP contribution in [0.4, 0.5) is 0 Å². The van der Waals surface area contributed by atoms with Gasteiger partial charge >= 0.3 is 11.9 Å². The first-order valence-corrected chi connectivity index (χ1v) is 5.86. The Hall–Kier alpha value is -1.62. The number of carbonyl (C=O) groups is 2. The molecule has 5 heteroatoms. The average Bonchev–Trinajstić information content (AvgIpc) is 2.34. The van der Waals surface area contributed by atoms with Crippen molar-refractivity contribution in [2.45, 2.75) is 27.1 Å². The maximum atomic E-state index is 11.4. The molecule has 0 N–H and O–H groups in total. The normalized spacial score (nSPS) is 11.8. The van der Waals surface area contributed by atoms with Gasteiger partial charge in [0.25, 0.3) is 6.29 Å². The molecule has 1 unspecified atom stereocenters. The number of nitrogens with zero attached hydrogens (tertiary/aromatic N) is 1. The molecule has 0 aromatic carbocycles. The van der Waals surface area contributed by atoms with Crippen molar-refractivity contribution < 1.29 is 19.1 Å². The molecule has 0 amide bonds. The fourth-order valence-electron chi connectivity index (χ4n) is 1.19. The third-order valence-corrected chi connectivity index (χ3v) is 2.30. The lowest BCUT2D eigenvalue weighted by atomic mass is 10.3. The van der Waals surface area contributed by atoms with Crippen LogP contribution in [0.1, 0.15) is 20.8 Å². The number of hydrogen-bond donors (Lipinski definition) is 0. The van der Waals surface area contributed by atoms with Gasteiger partial charge in [-0.2, -0.15) is 0 Å². The van der Waals surface area contributed by atoms with Crippen LogP contribution in [-0.4, -0.2) is 42.8 Å². The van der Waals surface area contributed by atoms with Gasteiger partial charge in [-0.3, -0.25) is 4.90 Å². The minimum absolute atomic E-state index is 0.259. The zero-order valence-corrected chi connectivity index (χ0v) is 11.3. The van der Waals surface area contributed by atoms with Crippen LogP contribution in [0.25, 0.3) is 0 Å². The van der Waals surface area contributed by atoms with E-state index in [1.54, 1.807) is 0 Å². The number of rotatable bonds is 8. The molecule has 1 atom stereocenters. The first-order chi connectivity index (χ1) is 8.44. The van der Waals surface area contributed by atoms with Gasteiger partial charge in [0.05, 0.1) is 6.54 Å². The third-order valence-electron chi connectivity index (χ3n) is 2.30. The first kappa shape index (κ1) is 16.4. The summed E-state index contributed by atoms with van der Waals surface area (Å²) in [6, 6.07) is 0. The smallest absolute Gasteiger partial charge is 0.336 e. The highest BCUT2D eigenvalue weighted by Gasteiger charge is 2.20. The van der Waals surface area contributed by atoms with E-state index in [1.807, 2.05) is 18.7 Å². The largest absolute Gasteiger partial charge is 0.421 e. The summed E-state index contributed by atoms with van der Waals surface area (Å²) < 4.78 is 10.0. The van der Waals surface area contributed by atoms with Gasteiger partial charge < -0.3 is 9.47 Å². The maximum absolute atomic E-state index is 11.4. The van der Waals surface area contributed by atoms with Gasteiger partial charge in [0.2, 0.25) is 0 Å². The summed E-state index contributed by atoms with van der Waals surface area (Å²) in [7, 11) is 0. The minimum Gasteiger partial charge on any atom is -0.421 e. The molecule has 0 spiro atoms. The van der Waals surface area contributed by atoms with Crippen LogP contribution < -0.4 is 0 Å². The molecular formula is C13H21NO4. The molecule has 0 fully saturated rings. The molecule has 0 saturated carbocycles. The summed E-state index contributed by atoms with van der Waals surface area (Å²) in [5.41, 5.74) is 0.259. The van der Waals surface area contributed by atoms with Crippen molar-refractivity contribution in [3.8, 4) is 0 Å². The van der Waals surface area contributed by atoms with Gasteiger partial charge in [-0.15, -0.1) is 0 Å². The molecular weight excluding hydrogens is 234 g/mol. The van der Waals surface area contributed by atoms with E-state index in [2.05, 4.69) is 13.2 Å². The molecule has 0 heterocycles. The van der Waals surface area contributed by atoms with Gasteiger partial charge in [-0.1, -0.05) is 27.0 Å². The highest BCUT2D eigenvalue weighted by Crippen LogP contribution is 2.04. The summed E-state index contributed by atoms with van der Waals surface area (Å²) >= 11 is 0. The van der Waals surface area contributed by atoms with E-state index >= 15 is 0 Å². The number of carbonyl (C=O) groups excluding carboxylic acids is 2. The second kappa shape index (κ2) is 8.47. The average molecular weight is 255 g/mol. The summed E-state index contributed by atoms with van der Waals surface area (Å²) in [4.78, 5) is 24.6. The Balaban J connectivity index is 4.60. The Labute approximate surface area is 108 Å². The van der Waals surface area contributed by atoms with Gasteiger partial charge in [-0.05, 0) is 20.0 Å². The third kappa shape index (κ3) is 6.20. The zero-order valence-electron chi connectivity index (χ0n) is 11.3. The van der Waals surface area contributed by atoms with Gasteiger partial charge in [-0.25, -0.2) is 9.59 Å². The number of likely N-dealkylation sites (N-methyl/N-ethyl adjacent to an activating group) is 1. The van der Waals surface area contributed by atoms with Crippen LogP contribution in [0.15, 0.2) is 24.8 Å². The molecule has 5 nitrogen and oxygen atoms in total. The van der Waals surface area contributed by atoms with Crippen molar-refractivity contribution in [2.75, 3.05) is 19.6 Å². The lowest BCUT2D eigenvalue weighted by Gasteiger charge is -2.24. The second-order valence-corrected chi connectivity index (χ2v) is 3.74. The SMILES string of the molecule is C=CC(=O)OC(CN(CC)CC)OC(=O)C(=C)C. The van der Waals surface area contributed by atoms with Crippen LogP contribution in [0.2, 0.25) is 0 Å². The summed E-state index contributed by atoms with van der Waals surface area (Å²) in [5.74, 6) is -1.20. The van der Waals surface area contributed by atoms with Gasteiger partial charge in [0.15, 0.2) is 0 Å². The van der Waals surface area contributed by atoms with Crippen LogP contribution >= 0.6 is 0 Å². The molecule has 0 aliphatic heterocycles. The molecule has 0 bridgehead atoms. The molecule has 0 rings (SSSR count).